The van der Waals surface area contributed by atoms with Gasteiger partial charge in [0.25, 0.3) is 0 Å². The molecular formula is C16H23ClN2O2. The SMILES string of the molecule is Cl.N[C@@H]1CCC[C@H]1CC(=O)NC1CCOc2ccccc21. The van der Waals surface area contributed by atoms with Crippen LogP contribution in [0.25, 0.3) is 0 Å². The molecule has 3 N–H and O–H groups in total. The molecule has 3 atom stereocenters. The summed E-state index contributed by atoms with van der Waals surface area (Å²) in [6.45, 7) is 0.658. The van der Waals surface area contributed by atoms with Crippen molar-refractivity contribution in [2.24, 2.45) is 11.7 Å². The van der Waals surface area contributed by atoms with Crippen LogP contribution in [0.15, 0.2) is 24.3 Å². The summed E-state index contributed by atoms with van der Waals surface area (Å²) in [4.78, 5) is 12.2. The van der Waals surface area contributed by atoms with Gasteiger partial charge in [0.1, 0.15) is 5.75 Å². The number of hydrogen-bond donors (Lipinski definition) is 2. The second-order valence-electron chi connectivity index (χ2n) is 5.85. The average Bonchev–Trinajstić information content (AvgIpc) is 2.85. The van der Waals surface area contributed by atoms with Crippen LogP contribution in [0.1, 0.15) is 43.7 Å². The third-order valence-electron chi connectivity index (χ3n) is 4.46. The number of rotatable bonds is 3. The minimum atomic E-state index is 0. The molecule has 1 saturated carbocycles. The molecule has 1 amide bonds. The van der Waals surface area contributed by atoms with E-state index in [9.17, 15) is 4.79 Å². The summed E-state index contributed by atoms with van der Waals surface area (Å²) in [5.41, 5.74) is 7.12. The molecule has 1 aliphatic carbocycles. The molecule has 0 radical (unpaired) electrons. The number of benzene rings is 1. The molecular weight excluding hydrogens is 288 g/mol. The molecule has 1 unspecified atom stereocenters. The molecule has 1 aliphatic heterocycles. The number of ether oxygens (including phenoxy) is 1. The second kappa shape index (κ2) is 7.14. The Bertz CT molecular complexity index is 495. The first-order valence-electron chi connectivity index (χ1n) is 7.50. The first-order valence-corrected chi connectivity index (χ1v) is 7.50. The van der Waals surface area contributed by atoms with Gasteiger partial charge < -0.3 is 15.8 Å². The molecule has 0 aromatic heterocycles. The van der Waals surface area contributed by atoms with Crippen LogP contribution in [-0.2, 0) is 4.79 Å². The van der Waals surface area contributed by atoms with Crippen molar-refractivity contribution in [1.82, 2.24) is 5.32 Å². The number of halogens is 1. The molecule has 2 aliphatic rings. The summed E-state index contributed by atoms with van der Waals surface area (Å²) in [6, 6.07) is 8.20. The van der Waals surface area contributed by atoms with Crippen LogP contribution in [0.2, 0.25) is 0 Å². The topological polar surface area (TPSA) is 64.4 Å². The molecule has 5 heteroatoms. The molecule has 1 heterocycles. The van der Waals surface area contributed by atoms with Crippen molar-refractivity contribution < 1.29 is 9.53 Å². The Morgan fingerprint density at radius 1 is 1.29 bits per heavy atom. The number of para-hydroxylation sites is 1. The Hall–Kier alpha value is -1.26. The predicted octanol–water partition coefficient (Wildman–Crippen LogP) is 2.57. The average molecular weight is 311 g/mol. The van der Waals surface area contributed by atoms with Crippen LogP contribution in [0, 0.1) is 5.92 Å². The number of carbonyl (C=O) groups excluding carboxylic acids is 1. The number of hydrogen-bond acceptors (Lipinski definition) is 3. The third-order valence-corrected chi connectivity index (χ3v) is 4.46. The van der Waals surface area contributed by atoms with E-state index in [1.165, 1.54) is 0 Å². The van der Waals surface area contributed by atoms with E-state index in [0.29, 0.717) is 18.9 Å². The minimum Gasteiger partial charge on any atom is -0.493 e. The van der Waals surface area contributed by atoms with Crippen molar-refractivity contribution in [1.29, 1.82) is 0 Å². The van der Waals surface area contributed by atoms with Gasteiger partial charge in [0, 0.05) is 24.4 Å². The lowest BCUT2D eigenvalue weighted by atomic mass is 9.97. The highest BCUT2D eigenvalue weighted by atomic mass is 35.5. The molecule has 1 aromatic carbocycles. The van der Waals surface area contributed by atoms with Gasteiger partial charge in [-0.1, -0.05) is 24.6 Å². The van der Waals surface area contributed by atoms with Crippen LogP contribution in [0.3, 0.4) is 0 Å². The Kier molecular flexibility index (Phi) is 5.48. The first-order chi connectivity index (χ1) is 9.74. The maximum atomic E-state index is 12.2. The van der Waals surface area contributed by atoms with Gasteiger partial charge in [0.2, 0.25) is 5.91 Å². The lowest BCUT2D eigenvalue weighted by molar-refractivity contribution is -0.123. The number of carbonyl (C=O) groups is 1. The summed E-state index contributed by atoms with van der Waals surface area (Å²) in [7, 11) is 0. The Balaban J connectivity index is 0.00000161. The molecule has 3 rings (SSSR count). The number of fused-ring (bicyclic) bond motifs is 1. The fourth-order valence-corrected chi connectivity index (χ4v) is 3.30. The second-order valence-corrected chi connectivity index (χ2v) is 5.85. The van der Waals surface area contributed by atoms with E-state index in [2.05, 4.69) is 5.32 Å². The lowest BCUT2D eigenvalue weighted by Gasteiger charge is -2.27. The fourth-order valence-electron chi connectivity index (χ4n) is 3.30. The number of nitrogens with one attached hydrogen (secondary N) is 1. The van der Waals surface area contributed by atoms with E-state index in [4.69, 9.17) is 10.5 Å². The van der Waals surface area contributed by atoms with E-state index in [1.807, 2.05) is 24.3 Å². The van der Waals surface area contributed by atoms with Gasteiger partial charge in [0.05, 0.1) is 12.6 Å². The first kappa shape index (κ1) is 16.1. The standard InChI is InChI=1S/C16H22N2O2.ClH/c17-13-6-3-4-11(13)10-16(19)18-14-8-9-20-15-7-2-1-5-12(14)15;/h1-2,5,7,11,13-14H,3-4,6,8-10,17H2,(H,18,19);1H/t11-,13+,14?;/m0./s1. The van der Waals surface area contributed by atoms with Crippen molar-refractivity contribution in [2.75, 3.05) is 6.61 Å². The third kappa shape index (κ3) is 3.69. The zero-order valence-electron chi connectivity index (χ0n) is 12.1. The zero-order chi connectivity index (χ0) is 13.9. The molecule has 1 fully saturated rings. The van der Waals surface area contributed by atoms with Crippen molar-refractivity contribution in [3.05, 3.63) is 29.8 Å². The molecule has 1 aromatic rings. The van der Waals surface area contributed by atoms with Gasteiger partial charge >= 0.3 is 0 Å². The normalized spacial score (nSPS) is 27.2. The smallest absolute Gasteiger partial charge is 0.220 e. The maximum absolute atomic E-state index is 12.2. The predicted molar refractivity (Wildman–Crippen MR) is 84.6 cm³/mol. The van der Waals surface area contributed by atoms with Crippen LogP contribution in [0.4, 0.5) is 0 Å². The van der Waals surface area contributed by atoms with E-state index < -0.39 is 0 Å². The summed E-state index contributed by atoms with van der Waals surface area (Å²) < 4.78 is 5.61. The molecule has 0 spiro atoms. The molecule has 4 nitrogen and oxygen atoms in total. The zero-order valence-corrected chi connectivity index (χ0v) is 12.9. The lowest BCUT2D eigenvalue weighted by Crippen LogP contribution is -2.35. The van der Waals surface area contributed by atoms with Gasteiger partial charge in [-0.15, -0.1) is 12.4 Å². The highest BCUT2D eigenvalue weighted by Gasteiger charge is 2.28. The highest BCUT2D eigenvalue weighted by molar-refractivity contribution is 5.85. The van der Waals surface area contributed by atoms with E-state index >= 15 is 0 Å². The number of amides is 1. The van der Waals surface area contributed by atoms with Gasteiger partial charge in [-0.2, -0.15) is 0 Å². The molecule has 0 bridgehead atoms. The fraction of sp³-hybridized carbons (Fsp3) is 0.562. The summed E-state index contributed by atoms with van der Waals surface area (Å²) in [5.74, 6) is 1.36. The molecule has 21 heavy (non-hydrogen) atoms. The summed E-state index contributed by atoms with van der Waals surface area (Å²) in [5, 5.41) is 3.15. The maximum Gasteiger partial charge on any atom is 0.220 e. The van der Waals surface area contributed by atoms with E-state index in [-0.39, 0.29) is 30.4 Å². The van der Waals surface area contributed by atoms with Gasteiger partial charge in [-0.25, -0.2) is 0 Å². The number of nitrogens with two attached hydrogens (primary N) is 1. The molecule has 116 valence electrons. The summed E-state index contributed by atoms with van der Waals surface area (Å²) >= 11 is 0. The Morgan fingerprint density at radius 3 is 2.86 bits per heavy atom. The van der Waals surface area contributed by atoms with Crippen molar-refractivity contribution >= 4 is 18.3 Å². The minimum absolute atomic E-state index is 0. The van der Waals surface area contributed by atoms with Crippen LogP contribution >= 0.6 is 12.4 Å². The van der Waals surface area contributed by atoms with Crippen LogP contribution in [0.5, 0.6) is 5.75 Å². The van der Waals surface area contributed by atoms with Gasteiger partial charge in [-0.05, 0) is 24.8 Å². The highest BCUT2D eigenvalue weighted by Crippen LogP contribution is 2.32. The molecule has 0 saturated heterocycles. The largest absolute Gasteiger partial charge is 0.493 e. The van der Waals surface area contributed by atoms with Gasteiger partial charge in [0.15, 0.2) is 0 Å². The van der Waals surface area contributed by atoms with Crippen molar-refractivity contribution in [3.63, 3.8) is 0 Å². The van der Waals surface area contributed by atoms with Gasteiger partial charge in [-0.3, -0.25) is 4.79 Å². The Labute approximate surface area is 131 Å². The van der Waals surface area contributed by atoms with E-state index in [1.54, 1.807) is 0 Å². The Morgan fingerprint density at radius 2 is 2.10 bits per heavy atom. The van der Waals surface area contributed by atoms with Crippen LogP contribution < -0.4 is 15.8 Å². The summed E-state index contributed by atoms with van der Waals surface area (Å²) in [6.07, 6.45) is 4.68. The monoisotopic (exact) mass is 310 g/mol. The van der Waals surface area contributed by atoms with Crippen LogP contribution in [-0.4, -0.2) is 18.6 Å². The quantitative estimate of drug-likeness (QED) is 0.902. The van der Waals surface area contributed by atoms with Crippen molar-refractivity contribution in [2.45, 2.75) is 44.2 Å². The van der Waals surface area contributed by atoms with E-state index in [0.717, 1.165) is 37.0 Å². The van der Waals surface area contributed by atoms with Crippen molar-refractivity contribution in [3.8, 4) is 5.75 Å².